The topological polar surface area (TPSA) is 38.3 Å². The Bertz CT molecular complexity index is 553. The highest BCUT2D eigenvalue weighted by atomic mass is 16.5. The molecule has 128 valence electrons. The van der Waals surface area contributed by atoms with E-state index in [-0.39, 0.29) is 17.4 Å². The number of likely N-dealkylation sites (N-methyl/N-ethyl adjacent to an activating group) is 1. The van der Waals surface area contributed by atoms with Crippen molar-refractivity contribution >= 4 is 12.0 Å². The molecule has 0 bridgehead atoms. The van der Waals surface area contributed by atoms with Crippen molar-refractivity contribution in [3.8, 4) is 5.75 Å². The summed E-state index contributed by atoms with van der Waals surface area (Å²) in [5.41, 5.74) is 2.32. The van der Waals surface area contributed by atoms with Crippen LogP contribution in [0.5, 0.6) is 5.75 Å². The van der Waals surface area contributed by atoms with Gasteiger partial charge in [0.05, 0.1) is 0 Å². The quantitative estimate of drug-likeness (QED) is 0.616. The van der Waals surface area contributed by atoms with Crippen LogP contribution in [-0.2, 0) is 4.79 Å². The number of rotatable bonds is 6. The second-order valence-electron chi connectivity index (χ2n) is 7.65. The highest BCUT2D eigenvalue weighted by Gasteiger charge is 2.25. The molecule has 0 aliphatic heterocycles. The summed E-state index contributed by atoms with van der Waals surface area (Å²) in [4.78, 5) is 12.3. The molecule has 3 nitrogen and oxygen atoms in total. The molecule has 0 heterocycles. The lowest BCUT2D eigenvalue weighted by atomic mass is 9.88. The normalized spacial score (nSPS) is 13.6. The second kappa shape index (κ2) is 8.30. The maximum absolute atomic E-state index is 12.3. The van der Waals surface area contributed by atoms with Gasteiger partial charge in [0.2, 0.25) is 0 Å². The third-order valence-corrected chi connectivity index (χ3v) is 3.57. The molecule has 0 amide bonds. The molecule has 0 aliphatic rings. The van der Waals surface area contributed by atoms with Crippen molar-refractivity contribution in [1.82, 2.24) is 5.32 Å². The minimum atomic E-state index is -0.296. The van der Waals surface area contributed by atoms with Gasteiger partial charge in [-0.1, -0.05) is 52.8 Å². The fourth-order valence-electron chi connectivity index (χ4n) is 2.30. The van der Waals surface area contributed by atoms with Crippen LogP contribution in [0, 0.1) is 18.3 Å². The van der Waals surface area contributed by atoms with Gasteiger partial charge in [-0.3, -0.25) is 0 Å². The van der Waals surface area contributed by atoms with Crippen molar-refractivity contribution in [2.75, 3.05) is 7.05 Å². The minimum Gasteiger partial charge on any atom is -0.425 e. The van der Waals surface area contributed by atoms with Crippen LogP contribution in [0.4, 0.5) is 0 Å². The largest absolute Gasteiger partial charge is 0.425 e. The van der Waals surface area contributed by atoms with Gasteiger partial charge >= 0.3 is 5.97 Å². The lowest BCUT2D eigenvalue weighted by molar-refractivity contribution is -0.137. The van der Waals surface area contributed by atoms with Crippen LogP contribution in [0.25, 0.3) is 6.08 Å². The van der Waals surface area contributed by atoms with Crippen molar-refractivity contribution in [2.45, 2.75) is 54.0 Å². The van der Waals surface area contributed by atoms with Gasteiger partial charge in [-0.15, -0.1) is 0 Å². The first-order valence-electron chi connectivity index (χ1n) is 8.30. The number of hydrogen-bond acceptors (Lipinski definition) is 3. The Hall–Kier alpha value is -1.61. The number of aryl methyl sites for hydroxylation is 1. The molecule has 3 heteroatoms. The molecule has 0 aliphatic carbocycles. The molecule has 23 heavy (non-hydrogen) atoms. The molecule has 0 fully saturated rings. The Balaban J connectivity index is 2.80. The third kappa shape index (κ3) is 7.00. The van der Waals surface area contributed by atoms with Crippen molar-refractivity contribution in [3.63, 3.8) is 0 Å². The summed E-state index contributed by atoms with van der Waals surface area (Å²) in [6.45, 7) is 12.7. The molecule has 0 aromatic heterocycles. The van der Waals surface area contributed by atoms with E-state index in [9.17, 15) is 4.79 Å². The summed E-state index contributed by atoms with van der Waals surface area (Å²) in [6.07, 6.45) is 5.01. The van der Waals surface area contributed by atoms with Crippen molar-refractivity contribution in [2.24, 2.45) is 11.3 Å². The van der Waals surface area contributed by atoms with E-state index in [1.54, 1.807) is 7.05 Å². The number of carbonyl (C=O) groups excluding carboxylic acids is 1. The Kier molecular flexibility index (Phi) is 7.01. The number of benzene rings is 1. The van der Waals surface area contributed by atoms with Crippen LogP contribution >= 0.6 is 0 Å². The molecule has 1 unspecified atom stereocenters. The van der Waals surface area contributed by atoms with Gasteiger partial charge in [0.1, 0.15) is 11.8 Å². The zero-order chi connectivity index (χ0) is 17.6. The van der Waals surface area contributed by atoms with Crippen LogP contribution in [0.15, 0.2) is 24.3 Å². The SMILES string of the molecule is CNC(CC(C)(C)C)C(=O)Oc1ccc(/C=C\C(C)C)c(C)c1. The lowest BCUT2D eigenvalue weighted by Gasteiger charge is -2.24. The molecule has 1 aromatic rings. The van der Waals surface area contributed by atoms with Crippen molar-refractivity contribution in [1.29, 1.82) is 0 Å². The number of ether oxygens (including phenoxy) is 1. The number of carbonyl (C=O) groups is 1. The smallest absolute Gasteiger partial charge is 0.328 e. The van der Waals surface area contributed by atoms with E-state index in [1.165, 1.54) is 0 Å². The van der Waals surface area contributed by atoms with Crippen LogP contribution in [0.3, 0.4) is 0 Å². The van der Waals surface area contributed by atoms with E-state index in [0.29, 0.717) is 11.7 Å². The predicted octanol–water partition coefficient (Wildman–Crippen LogP) is 4.59. The van der Waals surface area contributed by atoms with E-state index in [4.69, 9.17) is 4.74 Å². The molecule has 1 atom stereocenters. The van der Waals surface area contributed by atoms with E-state index >= 15 is 0 Å². The van der Waals surface area contributed by atoms with Gasteiger partial charge in [-0.25, -0.2) is 4.79 Å². The summed E-state index contributed by atoms with van der Waals surface area (Å²) < 4.78 is 5.55. The number of allylic oxidation sites excluding steroid dienone is 1. The first-order valence-corrected chi connectivity index (χ1v) is 8.30. The molecule has 0 saturated heterocycles. The van der Waals surface area contributed by atoms with Gasteiger partial charge in [0.15, 0.2) is 0 Å². The molecule has 0 radical (unpaired) electrons. The van der Waals surface area contributed by atoms with Crippen LogP contribution in [-0.4, -0.2) is 19.1 Å². The maximum atomic E-state index is 12.3. The van der Waals surface area contributed by atoms with Gasteiger partial charge < -0.3 is 10.1 Å². The zero-order valence-electron chi connectivity index (χ0n) is 15.6. The summed E-state index contributed by atoms with van der Waals surface area (Å²) in [6, 6.07) is 5.47. The van der Waals surface area contributed by atoms with E-state index in [0.717, 1.165) is 17.5 Å². The number of esters is 1. The molecule has 1 rings (SSSR count). The summed E-state index contributed by atoms with van der Waals surface area (Å²) >= 11 is 0. The van der Waals surface area contributed by atoms with Gasteiger partial charge in [0, 0.05) is 0 Å². The van der Waals surface area contributed by atoms with E-state index in [2.05, 4.69) is 52.1 Å². The van der Waals surface area contributed by atoms with Gasteiger partial charge in [-0.2, -0.15) is 0 Å². The Labute approximate surface area is 141 Å². The molecule has 1 aromatic carbocycles. The zero-order valence-corrected chi connectivity index (χ0v) is 15.6. The predicted molar refractivity (Wildman–Crippen MR) is 97.6 cm³/mol. The first kappa shape index (κ1) is 19.4. The number of hydrogen-bond donors (Lipinski definition) is 1. The lowest BCUT2D eigenvalue weighted by Crippen LogP contribution is -2.40. The van der Waals surface area contributed by atoms with Crippen LogP contribution in [0.2, 0.25) is 0 Å². The summed E-state index contributed by atoms with van der Waals surface area (Å²) in [7, 11) is 1.79. The fourth-order valence-corrected chi connectivity index (χ4v) is 2.30. The molecule has 1 N–H and O–H groups in total. The van der Waals surface area contributed by atoms with Gasteiger partial charge in [-0.05, 0) is 55.0 Å². The average Bonchev–Trinajstić information content (AvgIpc) is 2.42. The van der Waals surface area contributed by atoms with E-state index < -0.39 is 0 Å². The molecular weight excluding hydrogens is 286 g/mol. The Morgan fingerprint density at radius 2 is 1.96 bits per heavy atom. The van der Waals surface area contributed by atoms with Crippen LogP contribution in [0.1, 0.15) is 52.2 Å². The molecular formula is C20H31NO2. The van der Waals surface area contributed by atoms with Crippen LogP contribution < -0.4 is 10.1 Å². The number of nitrogens with one attached hydrogen (secondary N) is 1. The monoisotopic (exact) mass is 317 g/mol. The van der Waals surface area contributed by atoms with E-state index in [1.807, 2.05) is 25.1 Å². The van der Waals surface area contributed by atoms with Crippen molar-refractivity contribution in [3.05, 3.63) is 35.4 Å². The van der Waals surface area contributed by atoms with Gasteiger partial charge in [0.25, 0.3) is 0 Å². The highest BCUT2D eigenvalue weighted by Crippen LogP contribution is 2.23. The first-order chi connectivity index (χ1) is 10.6. The molecule has 0 saturated carbocycles. The summed E-state index contributed by atoms with van der Waals surface area (Å²) in [5, 5.41) is 3.05. The maximum Gasteiger partial charge on any atom is 0.328 e. The Morgan fingerprint density at radius 1 is 1.30 bits per heavy atom. The molecule has 0 spiro atoms. The second-order valence-corrected chi connectivity index (χ2v) is 7.65. The Morgan fingerprint density at radius 3 is 2.43 bits per heavy atom. The summed E-state index contributed by atoms with van der Waals surface area (Å²) in [5.74, 6) is 0.886. The minimum absolute atomic E-state index is 0.0636. The average molecular weight is 317 g/mol. The fraction of sp³-hybridized carbons (Fsp3) is 0.550. The van der Waals surface area contributed by atoms with Crippen molar-refractivity contribution < 1.29 is 9.53 Å². The third-order valence-electron chi connectivity index (χ3n) is 3.57. The highest BCUT2D eigenvalue weighted by molar-refractivity contribution is 5.78. The standard InChI is InChI=1S/C20H31NO2/c1-14(2)8-9-16-10-11-17(12-15(16)3)23-19(22)18(21-7)13-20(4,5)6/h8-12,14,18,21H,13H2,1-7H3/b9-8-.